The summed E-state index contributed by atoms with van der Waals surface area (Å²) in [5, 5.41) is 0.519. The van der Waals surface area contributed by atoms with Gasteiger partial charge in [0, 0.05) is 0 Å². The van der Waals surface area contributed by atoms with Crippen LogP contribution < -0.4 is 4.74 Å². The number of rotatable bonds is 3. The van der Waals surface area contributed by atoms with Gasteiger partial charge in [-0.25, -0.2) is 0 Å². The Labute approximate surface area is 113 Å². The van der Waals surface area contributed by atoms with E-state index < -0.39 is 0 Å². The maximum absolute atomic E-state index is 11.0. The first kappa shape index (κ1) is 13.4. The second-order valence-corrected chi connectivity index (χ2v) is 5.69. The van der Waals surface area contributed by atoms with Crippen molar-refractivity contribution in [3.8, 4) is 5.75 Å². The highest BCUT2D eigenvalue weighted by Crippen LogP contribution is 2.35. The van der Waals surface area contributed by atoms with Gasteiger partial charge in [0.2, 0.25) is 0 Å². The van der Waals surface area contributed by atoms with Crippen LogP contribution in [-0.4, -0.2) is 12.4 Å². The van der Waals surface area contributed by atoms with Crippen molar-refractivity contribution in [1.82, 2.24) is 0 Å². The van der Waals surface area contributed by atoms with E-state index in [9.17, 15) is 4.79 Å². The molecule has 1 aromatic rings. The molecule has 0 heterocycles. The van der Waals surface area contributed by atoms with Crippen LogP contribution in [0.4, 0.5) is 0 Å². The number of para-hydroxylation sites is 1. The number of halogens is 1. The summed E-state index contributed by atoms with van der Waals surface area (Å²) in [4.78, 5) is 11.0. The van der Waals surface area contributed by atoms with E-state index in [4.69, 9.17) is 16.3 Å². The summed E-state index contributed by atoms with van der Waals surface area (Å²) >= 11 is 6.11. The summed E-state index contributed by atoms with van der Waals surface area (Å²) in [7, 11) is 0. The maximum atomic E-state index is 11.0. The van der Waals surface area contributed by atoms with E-state index in [1.54, 1.807) is 18.2 Å². The van der Waals surface area contributed by atoms with Gasteiger partial charge in [0.15, 0.2) is 6.29 Å². The fourth-order valence-corrected chi connectivity index (χ4v) is 2.74. The van der Waals surface area contributed by atoms with Crippen molar-refractivity contribution in [1.29, 1.82) is 0 Å². The van der Waals surface area contributed by atoms with Gasteiger partial charge in [-0.15, -0.1) is 0 Å². The summed E-state index contributed by atoms with van der Waals surface area (Å²) in [6, 6.07) is 5.27. The van der Waals surface area contributed by atoms with Gasteiger partial charge in [-0.1, -0.05) is 31.5 Å². The van der Waals surface area contributed by atoms with Crippen LogP contribution in [0.25, 0.3) is 0 Å². The molecule has 1 aliphatic carbocycles. The van der Waals surface area contributed by atoms with Gasteiger partial charge in [0.05, 0.1) is 16.7 Å². The maximum Gasteiger partial charge on any atom is 0.153 e. The molecule has 1 fully saturated rings. The fraction of sp³-hybridized carbons (Fsp3) is 0.533. The van der Waals surface area contributed by atoms with Crippen LogP contribution in [-0.2, 0) is 0 Å². The van der Waals surface area contributed by atoms with Crippen molar-refractivity contribution >= 4 is 17.9 Å². The number of benzene rings is 1. The molecule has 0 radical (unpaired) electrons. The quantitative estimate of drug-likeness (QED) is 0.760. The van der Waals surface area contributed by atoms with Gasteiger partial charge in [0.1, 0.15) is 5.75 Å². The zero-order valence-electron chi connectivity index (χ0n) is 10.9. The van der Waals surface area contributed by atoms with Gasteiger partial charge >= 0.3 is 0 Å². The molecule has 1 aromatic carbocycles. The standard InChI is InChI=1S/C15H19ClO2/c1-10-6-7-13(8-11(10)2)18-15-12(9-17)4-3-5-14(15)16/h3-5,9-11,13H,6-8H2,1-2H3. The van der Waals surface area contributed by atoms with E-state index >= 15 is 0 Å². The molecule has 0 bridgehead atoms. The Kier molecular flexibility index (Phi) is 4.28. The van der Waals surface area contributed by atoms with Crippen molar-refractivity contribution in [2.45, 2.75) is 39.2 Å². The Morgan fingerprint density at radius 3 is 2.72 bits per heavy atom. The van der Waals surface area contributed by atoms with Crippen LogP contribution in [0.15, 0.2) is 18.2 Å². The molecule has 0 aliphatic heterocycles. The topological polar surface area (TPSA) is 26.3 Å². The van der Waals surface area contributed by atoms with Crippen molar-refractivity contribution in [2.24, 2.45) is 11.8 Å². The molecule has 1 saturated carbocycles. The summed E-state index contributed by atoms with van der Waals surface area (Å²) in [6.07, 6.45) is 4.22. The first-order valence-corrected chi connectivity index (χ1v) is 6.90. The molecule has 0 aromatic heterocycles. The molecule has 98 valence electrons. The summed E-state index contributed by atoms with van der Waals surface area (Å²) in [6.45, 7) is 4.54. The Bertz CT molecular complexity index is 431. The number of ether oxygens (including phenoxy) is 1. The Morgan fingerprint density at radius 2 is 2.06 bits per heavy atom. The zero-order valence-corrected chi connectivity index (χ0v) is 11.6. The molecule has 2 nitrogen and oxygen atoms in total. The van der Waals surface area contributed by atoms with E-state index in [0.29, 0.717) is 22.3 Å². The average Bonchev–Trinajstić information content (AvgIpc) is 2.36. The third kappa shape index (κ3) is 2.86. The van der Waals surface area contributed by atoms with Crippen LogP contribution >= 0.6 is 11.6 Å². The van der Waals surface area contributed by atoms with E-state index in [1.165, 1.54) is 6.42 Å². The average molecular weight is 267 g/mol. The second kappa shape index (κ2) is 5.75. The number of hydrogen-bond acceptors (Lipinski definition) is 2. The molecule has 0 spiro atoms. The lowest BCUT2D eigenvalue weighted by molar-refractivity contribution is 0.0977. The monoisotopic (exact) mass is 266 g/mol. The highest BCUT2D eigenvalue weighted by molar-refractivity contribution is 6.32. The van der Waals surface area contributed by atoms with Gasteiger partial charge < -0.3 is 4.74 Å². The molecule has 3 unspecified atom stereocenters. The molecule has 0 amide bonds. The SMILES string of the molecule is CC1CCC(Oc2c(Cl)cccc2C=O)CC1C. The van der Waals surface area contributed by atoms with E-state index in [0.717, 1.165) is 25.0 Å². The van der Waals surface area contributed by atoms with Gasteiger partial charge in [0.25, 0.3) is 0 Å². The molecular weight excluding hydrogens is 248 g/mol. The van der Waals surface area contributed by atoms with Crippen molar-refractivity contribution < 1.29 is 9.53 Å². The minimum Gasteiger partial charge on any atom is -0.488 e. The van der Waals surface area contributed by atoms with Gasteiger partial charge in [-0.05, 0) is 43.2 Å². The molecule has 2 rings (SSSR count). The Hall–Kier alpha value is -1.02. The number of carbonyl (C=O) groups excluding carboxylic acids is 1. The van der Waals surface area contributed by atoms with Crippen LogP contribution in [0.5, 0.6) is 5.75 Å². The highest BCUT2D eigenvalue weighted by atomic mass is 35.5. The largest absolute Gasteiger partial charge is 0.488 e. The summed E-state index contributed by atoms with van der Waals surface area (Å²) < 4.78 is 5.96. The lowest BCUT2D eigenvalue weighted by Gasteiger charge is -2.32. The van der Waals surface area contributed by atoms with Crippen LogP contribution in [0.2, 0.25) is 5.02 Å². The number of hydrogen-bond donors (Lipinski definition) is 0. The van der Waals surface area contributed by atoms with Gasteiger partial charge in [-0.3, -0.25) is 4.79 Å². The minimum atomic E-state index is 0.176. The van der Waals surface area contributed by atoms with Crippen molar-refractivity contribution in [3.63, 3.8) is 0 Å². The molecule has 1 aliphatic rings. The molecule has 3 atom stereocenters. The third-order valence-electron chi connectivity index (χ3n) is 3.96. The van der Waals surface area contributed by atoms with E-state index in [1.807, 2.05) is 0 Å². The van der Waals surface area contributed by atoms with Gasteiger partial charge in [-0.2, -0.15) is 0 Å². The van der Waals surface area contributed by atoms with Crippen LogP contribution in [0, 0.1) is 11.8 Å². The second-order valence-electron chi connectivity index (χ2n) is 5.28. The predicted molar refractivity (Wildman–Crippen MR) is 73.4 cm³/mol. The van der Waals surface area contributed by atoms with Crippen LogP contribution in [0.3, 0.4) is 0 Å². The van der Waals surface area contributed by atoms with Crippen molar-refractivity contribution in [2.75, 3.05) is 0 Å². The smallest absolute Gasteiger partial charge is 0.153 e. The number of aldehydes is 1. The highest BCUT2D eigenvalue weighted by Gasteiger charge is 2.26. The molecule has 0 saturated heterocycles. The molecule has 3 heteroatoms. The Balaban J connectivity index is 2.12. The predicted octanol–water partition coefficient (Wildman–Crippen LogP) is 4.36. The Morgan fingerprint density at radius 1 is 1.28 bits per heavy atom. The van der Waals surface area contributed by atoms with Crippen molar-refractivity contribution in [3.05, 3.63) is 28.8 Å². The van der Waals surface area contributed by atoms with Crippen LogP contribution in [0.1, 0.15) is 43.5 Å². The third-order valence-corrected chi connectivity index (χ3v) is 4.26. The molecular formula is C15H19ClO2. The lowest BCUT2D eigenvalue weighted by atomic mass is 9.80. The lowest BCUT2D eigenvalue weighted by Crippen LogP contribution is -2.29. The molecule has 18 heavy (non-hydrogen) atoms. The van der Waals surface area contributed by atoms with E-state index in [2.05, 4.69) is 13.8 Å². The first-order chi connectivity index (χ1) is 8.61. The summed E-state index contributed by atoms with van der Waals surface area (Å²) in [5.74, 6) is 1.95. The minimum absolute atomic E-state index is 0.176. The summed E-state index contributed by atoms with van der Waals surface area (Å²) in [5.41, 5.74) is 0.536. The molecule has 0 N–H and O–H groups in total. The zero-order chi connectivity index (χ0) is 13.1. The normalized spacial score (nSPS) is 27.8. The van der Waals surface area contributed by atoms with E-state index in [-0.39, 0.29) is 6.10 Å². The fourth-order valence-electron chi connectivity index (χ4n) is 2.51. The number of carbonyl (C=O) groups is 1. The first-order valence-electron chi connectivity index (χ1n) is 6.52.